The minimum absolute atomic E-state index is 0.0610. The Kier molecular flexibility index (Phi) is 23.9. The fraction of sp³-hybridized carbons (Fsp3) is 0.769. The fourth-order valence-corrected chi connectivity index (χ4v) is 4.45. The number of aryl methyl sites for hydroxylation is 1. The van der Waals surface area contributed by atoms with Crippen molar-refractivity contribution in [2.75, 3.05) is 52.4 Å². The molecule has 0 saturated heterocycles. The summed E-state index contributed by atoms with van der Waals surface area (Å²) in [5, 5.41) is 9.71. The van der Waals surface area contributed by atoms with Crippen LogP contribution in [-0.4, -0.2) is 65.3 Å². The van der Waals surface area contributed by atoms with Gasteiger partial charge in [-0.3, -0.25) is 4.55 Å². The molecular formula is C26H53N5O3S. The van der Waals surface area contributed by atoms with Crippen LogP contribution in [-0.2, 0) is 16.5 Å². The highest BCUT2D eigenvalue weighted by molar-refractivity contribution is 7.85. The lowest BCUT2D eigenvalue weighted by molar-refractivity contribution is 0.481. The second kappa shape index (κ2) is 24.6. The van der Waals surface area contributed by atoms with Crippen molar-refractivity contribution in [1.82, 2.24) is 16.0 Å². The molecule has 1 aromatic rings. The van der Waals surface area contributed by atoms with E-state index in [1.807, 2.05) is 6.07 Å². The van der Waals surface area contributed by atoms with E-state index in [2.05, 4.69) is 22.9 Å². The Hall–Kier alpha value is -1.07. The summed E-state index contributed by atoms with van der Waals surface area (Å²) in [6, 6.07) is 6.73. The molecule has 0 spiro atoms. The first-order valence-corrected chi connectivity index (χ1v) is 15.0. The van der Waals surface area contributed by atoms with E-state index < -0.39 is 10.1 Å². The summed E-state index contributed by atoms with van der Waals surface area (Å²) in [7, 11) is -4.10. The molecule has 0 unspecified atom stereocenters. The maximum absolute atomic E-state index is 11.3. The van der Waals surface area contributed by atoms with Crippen LogP contribution in [0.5, 0.6) is 0 Å². The average Bonchev–Trinajstić information content (AvgIpc) is 2.84. The molecule has 0 amide bonds. The van der Waals surface area contributed by atoms with Gasteiger partial charge in [-0.2, -0.15) is 8.42 Å². The summed E-state index contributed by atoms with van der Waals surface area (Å²) in [5.74, 6) is 0. The normalized spacial score (nSPS) is 11.3. The zero-order valence-corrected chi connectivity index (χ0v) is 22.9. The molecule has 8 nitrogen and oxygen atoms in total. The molecule has 0 aliphatic heterocycles. The van der Waals surface area contributed by atoms with Crippen LogP contribution in [0.15, 0.2) is 29.2 Å². The number of rotatable bonds is 22. The molecule has 0 fully saturated rings. The first-order chi connectivity index (χ1) is 17.0. The molecule has 1 rings (SSSR count). The number of hydrogen-bond donors (Lipinski definition) is 6. The molecule has 0 atom stereocenters. The number of unbranched alkanes of at least 4 members (excludes halogenated alkanes) is 9. The third-order valence-corrected chi connectivity index (χ3v) is 6.60. The van der Waals surface area contributed by atoms with Gasteiger partial charge in [-0.15, -0.1) is 0 Å². The lowest BCUT2D eigenvalue weighted by Gasteiger charge is -2.07. The lowest BCUT2D eigenvalue weighted by atomic mass is 10.0. The highest BCUT2D eigenvalue weighted by Gasteiger charge is 2.13. The Labute approximate surface area is 215 Å². The molecule has 0 aliphatic rings. The number of nitrogens with one attached hydrogen (secondary N) is 3. The Morgan fingerprint density at radius 1 is 0.686 bits per heavy atom. The summed E-state index contributed by atoms with van der Waals surface area (Å²) in [5.41, 5.74) is 11.4. The molecule has 0 aliphatic carbocycles. The minimum atomic E-state index is -4.10. The van der Waals surface area contributed by atoms with Crippen LogP contribution >= 0.6 is 0 Å². The average molecular weight is 516 g/mol. The number of nitrogens with two attached hydrogens (primary N) is 2. The molecule has 0 radical (unpaired) electrons. The first-order valence-electron chi connectivity index (χ1n) is 13.5. The number of hydrogen-bond acceptors (Lipinski definition) is 7. The Morgan fingerprint density at radius 3 is 1.57 bits per heavy atom. The molecular weight excluding hydrogens is 462 g/mol. The van der Waals surface area contributed by atoms with E-state index in [1.54, 1.807) is 12.1 Å². The third kappa shape index (κ3) is 21.9. The summed E-state index contributed by atoms with van der Waals surface area (Å²) in [6.45, 7) is 9.38. The van der Waals surface area contributed by atoms with Crippen LogP contribution in [0.1, 0.15) is 76.7 Å². The third-order valence-electron chi connectivity index (χ3n) is 5.65. The van der Waals surface area contributed by atoms with Crippen LogP contribution in [0.4, 0.5) is 0 Å². The van der Waals surface area contributed by atoms with Crippen LogP contribution in [0.2, 0.25) is 0 Å². The zero-order valence-electron chi connectivity index (χ0n) is 22.1. The van der Waals surface area contributed by atoms with Gasteiger partial charge in [0.15, 0.2) is 0 Å². The van der Waals surface area contributed by atoms with Crippen molar-refractivity contribution in [2.45, 2.75) is 82.4 Å². The molecule has 206 valence electrons. The Bertz CT molecular complexity index is 679. The highest BCUT2D eigenvalue weighted by Crippen LogP contribution is 2.18. The van der Waals surface area contributed by atoms with Gasteiger partial charge in [0.05, 0.1) is 4.90 Å². The topological polar surface area (TPSA) is 142 Å². The molecule has 1 aromatic carbocycles. The summed E-state index contributed by atoms with van der Waals surface area (Å²) >= 11 is 0. The van der Waals surface area contributed by atoms with Crippen molar-refractivity contribution in [3.05, 3.63) is 29.8 Å². The second-order valence-electron chi connectivity index (χ2n) is 8.84. The standard InChI is InChI=1S/C18H30O3S.C8H23N5/c1-2-3-4-5-6-7-8-9-10-11-14-17-15-12-13-16-18(17)22(19,20)21;9-1-3-11-5-7-13-8-6-12-4-2-10/h12-13,15-16H,2-11,14H2,1H3,(H,19,20,21);11-13H,1-10H2. The van der Waals surface area contributed by atoms with E-state index in [0.29, 0.717) is 19.5 Å². The van der Waals surface area contributed by atoms with Gasteiger partial charge in [0.25, 0.3) is 10.1 Å². The predicted octanol–water partition coefficient (Wildman–Crippen LogP) is 3.07. The highest BCUT2D eigenvalue weighted by atomic mass is 32.2. The molecule has 35 heavy (non-hydrogen) atoms. The van der Waals surface area contributed by atoms with E-state index in [1.165, 1.54) is 57.4 Å². The van der Waals surface area contributed by atoms with Crippen LogP contribution in [0.3, 0.4) is 0 Å². The van der Waals surface area contributed by atoms with Crippen LogP contribution in [0.25, 0.3) is 0 Å². The maximum atomic E-state index is 11.3. The van der Waals surface area contributed by atoms with Gasteiger partial charge in [0.2, 0.25) is 0 Å². The van der Waals surface area contributed by atoms with Gasteiger partial charge in [0, 0.05) is 52.4 Å². The lowest BCUT2D eigenvalue weighted by Crippen LogP contribution is -2.35. The smallest absolute Gasteiger partial charge is 0.294 e. The molecule has 9 heteroatoms. The SMILES string of the molecule is CCCCCCCCCCCCc1ccccc1S(=O)(=O)O.NCCNCCNCCNCCN. The van der Waals surface area contributed by atoms with Gasteiger partial charge >= 0.3 is 0 Å². The van der Waals surface area contributed by atoms with Gasteiger partial charge < -0.3 is 27.4 Å². The first kappa shape index (κ1) is 33.9. The van der Waals surface area contributed by atoms with E-state index in [-0.39, 0.29) is 4.90 Å². The van der Waals surface area contributed by atoms with Crippen molar-refractivity contribution >= 4 is 10.1 Å². The largest absolute Gasteiger partial charge is 0.329 e. The second-order valence-corrected chi connectivity index (χ2v) is 10.2. The zero-order chi connectivity index (χ0) is 26.0. The molecule has 0 aromatic heterocycles. The van der Waals surface area contributed by atoms with E-state index in [4.69, 9.17) is 11.5 Å². The summed E-state index contributed by atoms with van der Waals surface area (Å²) < 4.78 is 31.8. The van der Waals surface area contributed by atoms with E-state index in [9.17, 15) is 13.0 Å². The van der Waals surface area contributed by atoms with E-state index >= 15 is 0 Å². The molecule has 0 saturated carbocycles. The molecule has 0 bridgehead atoms. The van der Waals surface area contributed by atoms with Gasteiger partial charge in [0.1, 0.15) is 0 Å². The Morgan fingerprint density at radius 2 is 1.11 bits per heavy atom. The van der Waals surface area contributed by atoms with Crippen molar-refractivity contribution in [2.24, 2.45) is 11.5 Å². The van der Waals surface area contributed by atoms with Crippen molar-refractivity contribution < 1.29 is 13.0 Å². The van der Waals surface area contributed by atoms with E-state index in [0.717, 1.165) is 57.7 Å². The van der Waals surface area contributed by atoms with Gasteiger partial charge in [-0.1, -0.05) is 82.9 Å². The molecule has 8 N–H and O–H groups in total. The van der Waals surface area contributed by atoms with Crippen LogP contribution in [0, 0.1) is 0 Å². The fourth-order valence-electron chi connectivity index (χ4n) is 3.70. The monoisotopic (exact) mass is 515 g/mol. The summed E-state index contributed by atoms with van der Waals surface area (Å²) in [6.07, 6.45) is 13.3. The predicted molar refractivity (Wildman–Crippen MR) is 149 cm³/mol. The van der Waals surface area contributed by atoms with Gasteiger partial charge in [-0.25, -0.2) is 0 Å². The van der Waals surface area contributed by atoms with Gasteiger partial charge in [-0.05, 0) is 24.5 Å². The van der Waals surface area contributed by atoms with Crippen molar-refractivity contribution in [3.63, 3.8) is 0 Å². The minimum Gasteiger partial charge on any atom is -0.329 e. The Balaban J connectivity index is 0.000000761. The number of benzene rings is 1. The van der Waals surface area contributed by atoms with Crippen molar-refractivity contribution in [3.8, 4) is 0 Å². The quantitative estimate of drug-likeness (QED) is 0.102. The maximum Gasteiger partial charge on any atom is 0.294 e. The van der Waals surface area contributed by atoms with Crippen LogP contribution < -0.4 is 27.4 Å². The van der Waals surface area contributed by atoms with Crippen molar-refractivity contribution in [1.29, 1.82) is 0 Å². The summed E-state index contributed by atoms with van der Waals surface area (Å²) in [4.78, 5) is 0.0610. The molecule has 0 heterocycles.